The maximum Gasteiger partial charge on any atom is 0.338 e. The molecule has 1 saturated heterocycles. The van der Waals surface area contributed by atoms with Crippen LogP contribution >= 0.6 is 0 Å². The van der Waals surface area contributed by atoms with Gasteiger partial charge in [0.25, 0.3) is 0 Å². The van der Waals surface area contributed by atoms with Crippen LogP contribution < -0.4 is 0 Å². The van der Waals surface area contributed by atoms with Gasteiger partial charge in [0.2, 0.25) is 0 Å². The van der Waals surface area contributed by atoms with E-state index in [0.29, 0.717) is 18.1 Å². The molecule has 1 aromatic carbocycles. The standard InChI is InChI=1S/C19H23NO3/c1-2-3-10-23-19(21)16-6-9-20-18-5-4-15(13-17(16)18)14-7-11-22-12-8-14/h4-6,9,13-14H,2-3,7-8,10-12H2,1H3. The van der Waals surface area contributed by atoms with Gasteiger partial charge in [-0.15, -0.1) is 0 Å². The highest BCUT2D eigenvalue weighted by Gasteiger charge is 2.18. The molecule has 0 N–H and O–H groups in total. The lowest BCUT2D eigenvalue weighted by molar-refractivity contribution is 0.0502. The summed E-state index contributed by atoms with van der Waals surface area (Å²) in [6, 6.07) is 7.99. The van der Waals surface area contributed by atoms with Crippen LogP contribution in [0.2, 0.25) is 0 Å². The lowest BCUT2D eigenvalue weighted by atomic mass is 9.90. The Balaban J connectivity index is 1.89. The third kappa shape index (κ3) is 3.70. The Morgan fingerprint density at radius 2 is 2.13 bits per heavy atom. The summed E-state index contributed by atoms with van der Waals surface area (Å²) < 4.78 is 10.8. The van der Waals surface area contributed by atoms with E-state index in [0.717, 1.165) is 49.8 Å². The number of unbranched alkanes of at least 4 members (excludes halogenated alkanes) is 1. The van der Waals surface area contributed by atoms with Crippen molar-refractivity contribution in [2.75, 3.05) is 19.8 Å². The maximum atomic E-state index is 12.4. The van der Waals surface area contributed by atoms with Gasteiger partial charge in [-0.3, -0.25) is 4.98 Å². The summed E-state index contributed by atoms with van der Waals surface area (Å²) in [7, 11) is 0. The number of carbonyl (C=O) groups excluding carboxylic acids is 1. The molecule has 122 valence electrons. The number of carbonyl (C=O) groups is 1. The fourth-order valence-corrected chi connectivity index (χ4v) is 3.01. The molecular weight excluding hydrogens is 290 g/mol. The van der Waals surface area contributed by atoms with Crippen LogP contribution in [0.4, 0.5) is 0 Å². The Hall–Kier alpha value is -1.94. The van der Waals surface area contributed by atoms with Gasteiger partial charge in [0.05, 0.1) is 17.7 Å². The van der Waals surface area contributed by atoms with Gasteiger partial charge < -0.3 is 9.47 Å². The molecule has 2 aromatic rings. The molecule has 1 aliphatic heterocycles. The molecule has 0 bridgehead atoms. The van der Waals surface area contributed by atoms with Crippen LogP contribution in [0.3, 0.4) is 0 Å². The summed E-state index contributed by atoms with van der Waals surface area (Å²) in [5.74, 6) is 0.243. The molecule has 23 heavy (non-hydrogen) atoms. The van der Waals surface area contributed by atoms with E-state index in [2.05, 4.69) is 24.0 Å². The van der Waals surface area contributed by atoms with Gasteiger partial charge in [0.15, 0.2) is 0 Å². The zero-order valence-corrected chi connectivity index (χ0v) is 13.6. The zero-order valence-electron chi connectivity index (χ0n) is 13.6. The van der Waals surface area contributed by atoms with Gasteiger partial charge in [-0.25, -0.2) is 4.79 Å². The third-order valence-corrected chi connectivity index (χ3v) is 4.41. The van der Waals surface area contributed by atoms with E-state index in [1.54, 1.807) is 12.3 Å². The number of esters is 1. The van der Waals surface area contributed by atoms with E-state index in [4.69, 9.17) is 9.47 Å². The minimum Gasteiger partial charge on any atom is -0.462 e. The maximum absolute atomic E-state index is 12.4. The zero-order chi connectivity index (χ0) is 16.1. The minimum absolute atomic E-state index is 0.255. The van der Waals surface area contributed by atoms with Crippen LogP contribution in [0.5, 0.6) is 0 Å². The predicted molar refractivity (Wildman–Crippen MR) is 89.7 cm³/mol. The molecule has 1 fully saturated rings. The largest absolute Gasteiger partial charge is 0.462 e. The fraction of sp³-hybridized carbons (Fsp3) is 0.474. The number of nitrogens with zero attached hydrogens (tertiary/aromatic N) is 1. The van der Waals surface area contributed by atoms with Crippen molar-refractivity contribution in [1.82, 2.24) is 4.98 Å². The Kier molecular flexibility index (Phi) is 5.23. The SMILES string of the molecule is CCCCOC(=O)c1ccnc2ccc(C3CCOCC3)cc12. The van der Waals surface area contributed by atoms with E-state index < -0.39 is 0 Å². The van der Waals surface area contributed by atoms with E-state index in [1.165, 1.54) is 5.56 Å². The van der Waals surface area contributed by atoms with E-state index in [-0.39, 0.29) is 5.97 Å². The van der Waals surface area contributed by atoms with Gasteiger partial charge in [-0.05, 0) is 48.9 Å². The summed E-state index contributed by atoms with van der Waals surface area (Å²) >= 11 is 0. The average molecular weight is 313 g/mol. The van der Waals surface area contributed by atoms with Crippen molar-refractivity contribution in [3.8, 4) is 0 Å². The predicted octanol–water partition coefficient (Wildman–Crippen LogP) is 4.09. The number of hydrogen-bond donors (Lipinski definition) is 0. The second-order valence-corrected chi connectivity index (χ2v) is 6.01. The van der Waals surface area contributed by atoms with Crippen molar-refractivity contribution in [3.63, 3.8) is 0 Å². The molecule has 1 aromatic heterocycles. The number of fused-ring (bicyclic) bond motifs is 1. The molecular formula is C19H23NO3. The second kappa shape index (κ2) is 7.55. The number of rotatable bonds is 5. The van der Waals surface area contributed by atoms with E-state index in [1.807, 2.05) is 6.07 Å². The quantitative estimate of drug-likeness (QED) is 0.616. The summed E-state index contributed by atoms with van der Waals surface area (Å²) in [5, 5.41) is 0.887. The van der Waals surface area contributed by atoms with Crippen molar-refractivity contribution in [3.05, 3.63) is 41.6 Å². The molecule has 3 rings (SSSR count). The number of ether oxygens (including phenoxy) is 2. The van der Waals surface area contributed by atoms with Gasteiger partial charge in [-0.1, -0.05) is 19.4 Å². The van der Waals surface area contributed by atoms with Gasteiger partial charge in [0.1, 0.15) is 0 Å². The number of benzene rings is 1. The number of hydrogen-bond acceptors (Lipinski definition) is 4. The van der Waals surface area contributed by atoms with Crippen LogP contribution in [0, 0.1) is 0 Å². The van der Waals surface area contributed by atoms with Crippen molar-refractivity contribution in [2.24, 2.45) is 0 Å². The molecule has 0 aliphatic carbocycles. The average Bonchev–Trinajstić information content (AvgIpc) is 2.61. The summed E-state index contributed by atoms with van der Waals surface area (Å²) in [6.45, 7) is 4.16. The molecule has 0 saturated carbocycles. The second-order valence-electron chi connectivity index (χ2n) is 6.01. The molecule has 0 unspecified atom stereocenters. The van der Waals surface area contributed by atoms with Crippen LogP contribution in [-0.4, -0.2) is 30.8 Å². The first-order valence-corrected chi connectivity index (χ1v) is 8.43. The lowest BCUT2D eigenvalue weighted by Gasteiger charge is -2.22. The minimum atomic E-state index is -0.255. The molecule has 0 amide bonds. The molecule has 0 atom stereocenters. The number of aromatic nitrogens is 1. The fourth-order valence-electron chi connectivity index (χ4n) is 3.01. The topological polar surface area (TPSA) is 48.4 Å². The summed E-state index contributed by atoms with van der Waals surface area (Å²) in [5.41, 5.74) is 2.71. The molecule has 4 nitrogen and oxygen atoms in total. The molecule has 1 aliphatic rings. The molecule has 2 heterocycles. The molecule has 0 radical (unpaired) electrons. The van der Waals surface area contributed by atoms with Crippen LogP contribution in [0.1, 0.15) is 54.4 Å². The smallest absolute Gasteiger partial charge is 0.338 e. The highest BCUT2D eigenvalue weighted by molar-refractivity contribution is 6.03. The Morgan fingerprint density at radius 1 is 1.30 bits per heavy atom. The van der Waals surface area contributed by atoms with Gasteiger partial charge >= 0.3 is 5.97 Å². The normalized spacial score (nSPS) is 15.7. The monoisotopic (exact) mass is 313 g/mol. The van der Waals surface area contributed by atoms with Crippen molar-refractivity contribution >= 4 is 16.9 Å². The Morgan fingerprint density at radius 3 is 2.91 bits per heavy atom. The van der Waals surface area contributed by atoms with Gasteiger partial charge in [-0.2, -0.15) is 0 Å². The first kappa shape index (κ1) is 15.9. The first-order valence-electron chi connectivity index (χ1n) is 8.43. The molecule has 0 spiro atoms. The van der Waals surface area contributed by atoms with Crippen molar-refractivity contribution < 1.29 is 14.3 Å². The Labute approximate surface area is 136 Å². The van der Waals surface area contributed by atoms with E-state index >= 15 is 0 Å². The Bertz CT molecular complexity index is 677. The number of pyridine rings is 1. The summed E-state index contributed by atoms with van der Waals surface area (Å²) in [6.07, 6.45) is 5.64. The van der Waals surface area contributed by atoms with Crippen molar-refractivity contribution in [1.29, 1.82) is 0 Å². The lowest BCUT2D eigenvalue weighted by Crippen LogP contribution is -2.14. The van der Waals surface area contributed by atoms with Crippen LogP contribution in [-0.2, 0) is 9.47 Å². The van der Waals surface area contributed by atoms with Crippen molar-refractivity contribution in [2.45, 2.75) is 38.5 Å². The molecule has 4 heteroatoms. The van der Waals surface area contributed by atoms with Gasteiger partial charge in [0, 0.05) is 24.8 Å². The highest BCUT2D eigenvalue weighted by atomic mass is 16.5. The third-order valence-electron chi connectivity index (χ3n) is 4.41. The van der Waals surface area contributed by atoms with E-state index in [9.17, 15) is 4.79 Å². The highest BCUT2D eigenvalue weighted by Crippen LogP contribution is 2.30. The van der Waals surface area contributed by atoms with Crippen LogP contribution in [0.25, 0.3) is 10.9 Å². The van der Waals surface area contributed by atoms with Crippen LogP contribution in [0.15, 0.2) is 30.5 Å². The first-order chi connectivity index (χ1) is 11.3. The summed E-state index contributed by atoms with van der Waals surface area (Å²) in [4.78, 5) is 16.7.